The molecule has 3 nitrogen and oxygen atoms in total. The molecule has 4 rings (SSSR count). The first-order chi connectivity index (χ1) is 10.8. The van der Waals surface area contributed by atoms with Gasteiger partial charge in [0, 0.05) is 17.9 Å². The Kier molecular flexibility index (Phi) is 4.01. The van der Waals surface area contributed by atoms with E-state index in [0.29, 0.717) is 24.0 Å². The Morgan fingerprint density at radius 3 is 2.86 bits per heavy atom. The molecule has 2 bridgehead atoms. The van der Waals surface area contributed by atoms with E-state index in [1.54, 1.807) is 0 Å². The molecule has 0 aromatic heterocycles. The molecule has 3 aliphatic rings. The molecule has 1 fully saturated rings. The summed E-state index contributed by atoms with van der Waals surface area (Å²) in [7, 11) is 0. The van der Waals surface area contributed by atoms with Gasteiger partial charge < -0.3 is 14.8 Å². The van der Waals surface area contributed by atoms with Gasteiger partial charge in [-0.25, -0.2) is 0 Å². The minimum atomic E-state index is 0.672. The maximum atomic E-state index is 6.35. The van der Waals surface area contributed by atoms with Gasteiger partial charge in [0.2, 0.25) is 0 Å². The van der Waals surface area contributed by atoms with Crippen LogP contribution in [0.1, 0.15) is 24.8 Å². The summed E-state index contributed by atoms with van der Waals surface area (Å²) in [4.78, 5) is 0. The van der Waals surface area contributed by atoms with E-state index in [0.717, 1.165) is 36.5 Å². The van der Waals surface area contributed by atoms with Gasteiger partial charge in [0.1, 0.15) is 6.54 Å². The number of hydrogen-bond donors (Lipinski definition) is 1. The average molecular weight is 321 g/mol. The van der Waals surface area contributed by atoms with E-state index in [1.165, 1.54) is 24.9 Å². The monoisotopic (exact) mass is 320 g/mol. The van der Waals surface area contributed by atoms with Crippen molar-refractivity contribution in [3.63, 3.8) is 0 Å². The summed E-state index contributed by atoms with van der Waals surface area (Å²) in [5, 5.41) is 3.08. The summed E-state index contributed by atoms with van der Waals surface area (Å²) in [6.45, 7) is 3.54. The van der Waals surface area contributed by atoms with Crippen LogP contribution >= 0.6 is 11.6 Å². The van der Waals surface area contributed by atoms with Crippen LogP contribution in [0.3, 0.4) is 0 Å². The van der Waals surface area contributed by atoms with Crippen LogP contribution in [0.2, 0.25) is 5.02 Å². The van der Waals surface area contributed by atoms with Crippen molar-refractivity contribution in [3.8, 4) is 11.5 Å². The molecule has 1 aliphatic heterocycles. The van der Waals surface area contributed by atoms with Crippen LogP contribution in [0.5, 0.6) is 11.5 Å². The normalized spacial score (nSPS) is 28.9. The molecule has 22 heavy (non-hydrogen) atoms. The lowest BCUT2D eigenvalue weighted by atomic mass is 9.93. The van der Waals surface area contributed by atoms with Gasteiger partial charge in [-0.05, 0) is 36.8 Å². The number of allylic oxidation sites excluding steroid dienone is 2. The standard InChI is InChI=1S/C18H22ClNO2/c19-16-8-13(9-17-18(16)22-5-1-4-21-17)10-20-11-15-7-12-2-3-14(15)6-12/h2-3,8-9,12,14-15,20H,1,4-7,10-11H2/p+1/t12-,14-,15-/m0/s1. The molecule has 0 unspecified atom stereocenters. The molecule has 0 saturated heterocycles. The number of fused-ring (bicyclic) bond motifs is 3. The highest BCUT2D eigenvalue weighted by Crippen LogP contribution is 2.42. The SMILES string of the molecule is Clc1cc(C[NH2+]C[C@@H]2C[C@H]3C=C[C@H]2C3)cc2c1OCCCO2. The molecule has 1 aromatic carbocycles. The predicted molar refractivity (Wildman–Crippen MR) is 86.4 cm³/mol. The van der Waals surface area contributed by atoms with Gasteiger partial charge in [0.05, 0.1) is 24.8 Å². The lowest BCUT2D eigenvalue weighted by molar-refractivity contribution is -0.676. The topological polar surface area (TPSA) is 35.1 Å². The van der Waals surface area contributed by atoms with Crippen LogP contribution < -0.4 is 14.8 Å². The third-order valence-electron chi connectivity index (χ3n) is 5.13. The molecule has 0 spiro atoms. The van der Waals surface area contributed by atoms with Crippen molar-refractivity contribution in [2.24, 2.45) is 17.8 Å². The summed E-state index contributed by atoms with van der Waals surface area (Å²) >= 11 is 6.35. The van der Waals surface area contributed by atoms with Gasteiger partial charge in [-0.2, -0.15) is 0 Å². The Labute approximate surface area is 136 Å². The summed E-state index contributed by atoms with van der Waals surface area (Å²) in [6.07, 6.45) is 8.50. The first-order valence-corrected chi connectivity index (χ1v) is 8.75. The van der Waals surface area contributed by atoms with Gasteiger partial charge in [0.25, 0.3) is 0 Å². The second-order valence-electron chi connectivity index (χ2n) is 6.72. The average Bonchev–Trinajstić information content (AvgIpc) is 3.04. The number of nitrogens with two attached hydrogens (primary N) is 1. The van der Waals surface area contributed by atoms with E-state index in [4.69, 9.17) is 21.1 Å². The Hall–Kier alpha value is -1.19. The molecule has 1 aromatic rings. The Morgan fingerprint density at radius 2 is 2.05 bits per heavy atom. The minimum Gasteiger partial charge on any atom is -0.489 e. The lowest BCUT2D eigenvalue weighted by Gasteiger charge is -2.16. The van der Waals surface area contributed by atoms with Crippen LogP contribution in [0.4, 0.5) is 0 Å². The zero-order valence-corrected chi connectivity index (χ0v) is 13.5. The molecule has 1 heterocycles. The van der Waals surface area contributed by atoms with Crippen molar-refractivity contribution in [1.82, 2.24) is 0 Å². The fraction of sp³-hybridized carbons (Fsp3) is 0.556. The fourth-order valence-electron chi connectivity index (χ4n) is 4.03. The van der Waals surface area contributed by atoms with Gasteiger partial charge in [0.15, 0.2) is 11.5 Å². The molecule has 1 saturated carbocycles. The third-order valence-corrected chi connectivity index (χ3v) is 5.41. The minimum absolute atomic E-state index is 0.672. The first-order valence-electron chi connectivity index (χ1n) is 8.37. The van der Waals surface area contributed by atoms with E-state index >= 15 is 0 Å². The zero-order chi connectivity index (χ0) is 14.9. The Bertz CT molecular complexity index is 587. The van der Waals surface area contributed by atoms with E-state index < -0.39 is 0 Å². The molecule has 2 aliphatic carbocycles. The van der Waals surface area contributed by atoms with Gasteiger partial charge in [-0.3, -0.25) is 0 Å². The molecule has 0 amide bonds. The maximum Gasteiger partial charge on any atom is 0.179 e. The lowest BCUT2D eigenvalue weighted by Crippen LogP contribution is -2.84. The number of hydrogen-bond acceptors (Lipinski definition) is 2. The highest BCUT2D eigenvalue weighted by atomic mass is 35.5. The largest absolute Gasteiger partial charge is 0.489 e. The van der Waals surface area contributed by atoms with Crippen LogP contribution in [0.15, 0.2) is 24.3 Å². The zero-order valence-electron chi connectivity index (χ0n) is 12.8. The van der Waals surface area contributed by atoms with Crippen LogP contribution in [-0.2, 0) is 6.54 Å². The molecule has 2 N–H and O–H groups in total. The van der Waals surface area contributed by atoms with E-state index in [9.17, 15) is 0 Å². The number of quaternary nitrogens is 1. The van der Waals surface area contributed by atoms with Crippen molar-refractivity contribution >= 4 is 11.6 Å². The van der Waals surface area contributed by atoms with Crippen LogP contribution in [0.25, 0.3) is 0 Å². The Balaban J connectivity index is 1.37. The first kappa shape index (κ1) is 14.4. The third kappa shape index (κ3) is 2.84. The highest BCUT2D eigenvalue weighted by Gasteiger charge is 2.36. The number of rotatable bonds is 4. The quantitative estimate of drug-likeness (QED) is 0.866. The smallest absolute Gasteiger partial charge is 0.179 e. The summed E-state index contributed by atoms with van der Waals surface area (Å²) < 4.78 is 11.4. The van der Waals surface area contributed by atoms with Crippen molar-refractivity contribution in [3.05, 3.63) is 34.9 Å². The number of halogens is 1. The van der Waals surface area contributed by atoms with Crippen molar-refractivity contribution in [1.29, 1.82) is 0 Å². The van der Waals surface area contributed by atoms with Crippen LogP contribution in [-0.4, -0.2) is 19.8 Å². The maximum absolute atomic E-state index is 6.35. The summed E-state index contributed by atoms with van der Waals surface area (Å²) in [6, 6.07) is 4.11. The molecule has 3 atom stereocenters. The number of benzene rings is 1. The second kappa shape index (κ2) is 6.13. The second-order valence-corrected chi connectivity index (χ2v) is 7.13. The van der Waals surface area contributed by atoms with Gasteiger partial charge >= 0.3 is 0 Å². The van der Waals surface area contributed by atoms with Gasteiger partial charge in [-0.1, -0.05) is 23.8 Å². The van der Waals surface area contributed by atoms with Crippen LogP contribution in [0, 0.1) is 17.8 Å². The molecule has 0 radical (unpaired) electrons. The predicted octanol–water partition coefficient (Wildman–Crippen LogP) is 2.78. The van der Waals surface area contributed by atoms with Crippen molar-refractivity contribution in [2.75, 3.05) is 19.8 Å². The number of ether oxygens (including phenoxy) is 2. The summed E-state index contributed by atoms with van der Waals surface area (Å²) in [5.41, 5.74) is 1.22. The van der Waals surface area contributed by atoms with Gasteiger partial charge in [-0.15, -0.1) is 0 Å². The molecular formula is C18H23ClNO2+. The molecule has 4 heteroatoms. The van der Waals surface area contributed by atoms with E-state index in [-0.39, 0.29) is 0 Å². The van der Waals surface area contributed by atoms with Crippen molar-refractivity contribution in [2.45, 2.75) is 25.8 Å². The Morgan fingerprint density at radius 1 is 1.14 bits per heavy atom. The van der Waals surface area contributed by atoms with Crippen molar-refractivity contribution < 1.29 is 14.8 Å². The molecule has 118 valence electrons. The molecular weight excluding hydrogens is 298 g/mol. The summed E-state index contributed by atoms with van der Waals surface area (Å²) in [5.74, 6) is 4.05. The fourth-order valence-corrected chi connectivity index (χ4v) is 4.32. The van der Waals surface area contributed by atoms with E-state index in [2.05, 4.69) is 23.5 Å². The van der Waals surface area contributed by atoms with E-state index in [1.807, 2.05) is 6.07 Å². The highest BCUT2D eigenvalue weighted by molar-refractivity contribution is 6.32.